The number of amides is 4. The standard InChI is InChI=1S/C15H18N4O6/c20-6-10(18-14(22)9-5-17-15(23)19-9)13(21)16-4-8-1-2-11-12(3-8)25-7-24-11/h1-3,9-10,20H,4-7H2,(H,16,21)(H,18,22)(H2,17,19,23). The molecule has 1 aromatic rings. The highest BCUT2D eigenvalue weighted by Crippen LogP contribution is 2.32. The van der Waals surface area contributed by atoms with Crippen LogP contribution in [0.3, 0.4) is 0 Å². The average molecular weight is 350 g/mol. The largest absolute Gasteiger partial charge is 0.454 e. The summed E-state index contributed by atoms with van der Waals surface area (Å²) >= 11 is 0. The van der Waals surface area contributed by atoms with E-state index < -0.39 is 36.5 Å². The van der Waals surface area contributed by atoms with E-state index in [1.807, 2.05) is 0 Å². The zero-order valence-corrected chi connectivity index (χ0v) is 13.2. The van der Waals surface area contributed by atoms with Crippen LogP contribution >= 0.6 is 0 Å². The van der Waals surface area contributed by atoms with Crippen LogP contribution < -0.4 is 30.7 Å². The summed E-state index contributed by atoms with van der Waals surface area (Å²) in [5, 5.41) is 19.2. The van der Waals surface area contributed by atoms with Crippen LogP contribution in [-0.4, -0.2) is 55.0 Å². The fourth-order valence-electron chi connectivity index (χ4n) is 2.44. The van der Waals surface area contributed by atoms with Crippen molar-refractivity contribution in [3.05, 3.63) is 23.8 Å². The number of benzene rings is 1. The molecule has 0 spiro atoms. The summed E-state index contributed by atoms with van der Waals surface area (Å²) < 4.78 is 10.5. The van der Waals surface area contributed by atoms with Gasteiger partial charge in [-0.1, -0.05) is 6.07 Å². The zero-order chi connectivity index (χ0) is 17.8. The van der Waals surface area contributed by atoms with Gasteiger partial charge in [-0.05, 0) is 17.7 Å². The van der Waals surface area contributed by atoms with E-state index in [0.717, 1.165) is 5.56 Å². The Kier molecular flexibility index (Phi) is 4.89. The Bertz CT molecular complexity index is 695. The van der Waals surface area contributed by atoms with E-state index in [4.69, 9.17) is 9.47 Å². The molecular weight excluding hydrogens is 332 g/mol. The van der Waals surface area contributed by atoms with Gasteiger partial charge in [0.15, 0.2) is 11.5 Å². The summed E-state index contributed by atoms with van der Waals surface area (Å²) in [5.74, 6) is 0.160. The van der Waals surface area contributed by atoms with Crippen LogP contribution in [0.1, 0.15) is 5.56 Å². The number of carbonyl (C=O) groups excluding carboxylic acids is 3. The van der Waals surface area contributed by atoms with E-state index in [0.29, 0.717) is 11.5 Å². The molecule has 0 aromatic heterocycles. The lowest BCUT2D eigenvalue weighted by Gasteiger charge is -2.18. The Balaban J connectivity index is 1.52. The number of hydrogen-bond acceptors (Lipinski definition) is 6. The van der Waals surface area contributed by atoms with Gasteiger partial charge in [0.2, 0.25) is 18.6 Å². The van der Waals surface area contributed by atoms with Gasteiger partial charge in [-0.25, -0.2) is 4.79 Å². The van der Waals surface area contributed by atoms with Crippen LogP contribution in [0.2, 0.25) is 0 Å². The average Bonchev–Trinajstić information content (AvgIpc) is 3.25. The number of aliphatic hydroxyl groups excluding tert-OH is 1. The summed E-state index contributed by atoms with van der Waals surface area (Å²) in [4.78, 5) is 35.2. The maximum absolute atomic E-state index is 12.2. The molecule has 2 heterocycles. The smallest absolute Gasteiger partial charge is 0.315 e. The molecule has 0 saturated carbocycles. The number of ether oxygens (including phenoxy) is 2. The minimum absolute atomic E-state index is 0.127. The number of nitrogens with one attached hydrogen (secondary N) is 4. The molecule has 2 unspecified atom stereocenters. The van der Waals surface area contributed by atoms with Crippen molar-refractivity contribution < 1.29 is 29.0 Å². The van der Waals surface area contributed by atoms with Crippen molar-refractivity contribution in [2.75, 3.05) is 19.9 Å². The van der Waals surface area contributed by atoms with Crippen molar-refractivity contribution in [2.24, 2.45) is 0 Å². The Morgan fingerprint density at radius 2 is 2.12 bits per heavy atom. The van der Waals surface area contributed by atoms with Gasteiger partial charge in [0.25, 0.3) is 0 Å². The summed E-state index contributed by atoms with van der Waals surface area (Å²) in [6.45, 7) is -0.0751. The molecule has 0 radical (unpaired) electrons. The van der Waals surface area contributed by atoms with Gasteiger partial charge in [-0.15, -0.1) is 0 Å². The molecule has 3 rings (SSSR count). The number of rotatable bonds is 6. The first-order chi connectivity index (χ1) is 12.1. The van der Waals surface area contributed by atoms with Gasteiger partial charge < -0.3 is 35.8 Å². The lowest BCUT2D eigenvalue weighted by atomic mass is 10.2. The second-order valence-electron chi connectivity index (χ2n) is 5.56. The van der Waals surface area contributed by atoms with E-state index in [-0.39, 0.29) is 19.9 Å². The number of fused-ring (bicyclic) bond motifs is 1. The molecule has 2 aliphatic heterocycles. The number of hydrogen-bond donors (Lipinski definition) is 5. The lowest BCUT2D eigenvalue weighted by Crippen LogP contribution is -2.53. The minimum atomic E-state index is -1.11. The molecule has 5 N–H and O–H groups in total. The van der Waals surface area contributed by atoms with E-state index in [1.165, 1.54) is 0 Å². The normalized spacial score (nSPS) is 18.9. The second-order valence-corrected chi connectivity index (χ2v) is 5.56. The van der Waals surface area contributed by atoms with Crippen LogP contribution in [0.15, 0.2) is 18.2 Å². The minimum Gasteiger partial charge on any atom is -0.454 e. The second kappa shape index (κ2) is 7.26. The highest BCUT2D eigenvalue weighted by Gasteiger charge is 2.30. The fourth-order valence-corrected chi connectivity index (χ4v) is 2.44. The molecule has 4 amide bonds. The van der Waals surface area contributed by atoms with Gasteiger partial charge >= 0.3 is 6.03 Å². The first-order valence-electron chi connectivity index (χ1n) is 7.68. The van der Waals surface area contributed by atoms with Crippen molar-refractivity contribution in [1.29, 1.82) is 0 Å². The third-order valence-electron chi connectivity index (χ3n) is 3.81. The van der Waals surface area contributed by atoms with Crippen molar-refractivity contribution in [2.45, 2.75) is 18.6 Å². The van der Waals surface area contributed by atoms with Crippen molar-refractivity contribution in [1.82, 2.24) is 21.3 Å². The molecule has 0 bridgehead atoms. The maximum atomic E-state index is 12.2. The lowest BCUT2D eigenvalue weighted by molar-refractivity contribution is -0.130. The summed E-state index contributed by atoms with van der Waals surface area (Å²) in [6.07, 6.45) is 0. The zero-order valence-electron chi connectivity index (χ0n) is 13.2. The Morgan fingerprint density at radius 3 is 2.84 bits per heavy atom. The van der Waals surface area contributed by atoms with Gasteiger partial charge in [-0.2, -0.15) is 0 Å². The summed E-state index contributed by atoms with van der Waals surface area (Å²) in [5.41, 5.74) is 0.785. The molecule has 1 saturated heterocycles. The van der Waals surface area contributed by atoms with Crippen LogP contribution in [0.5, 0.6) is 11.5 Å². The van der Waals surface area contributed by atoms with Gasteiger partial charge in [0.05, 0.1) is 6.61 Å². The predicted octanol–water partition coefficient (Wildman–Crippen LogP) is -1.81. The van der Waals surface area contributed by atoms with Crippen LogP contribution in [0.4, 0.5) is 4.79 Å². The topological polar surface area (TPSA) is 138 Å². The molecular formula is C15H18N4O6. The number of carbonyl (C=O) groups is 3. The third kappa shape index (κ3) is 3.91. The molecule has 1 fully saturated rings. The van der Waals surface area contributed by atoms with Gasteiger partial charge in [-0.3, -0.25) is 9.59 Å². The first kappa shape index (κ1) is 16.8. The van der Waals surface area contributed by atoms with Crippen molar-refractivity contribution in [3.8, 4) is 11.5 Å². The Labute approximate surface area is 142 Å². The highest BCUT2D eigenvalue weighted by molar-refractivity contribution is 5.93. The first-order valence-corrected chi connectivity index (χ1v) is 7.68. The molecule has 10 nitrogen and oxygen atoms in total. The van der Waals surface area contributed by atoms with Gasteiger partial charge in [0, 0.05) is 13.1 Å². The van der Waals surface area contributed by atoms with Crippen molar-refractivity contribution >= 4 is 17.8 Å². The van der Waals surface area contributed by atoms with Crippen LogP contribution in [-0.2, 0) is 16.1 Å². The van der Waals surface area contributed by atoms with Gasteiger partial charge in [0.1, 0.15) is 12.1 Å². The Morgan fingerprint density at radius 1 is 1.32 bits per heavy atom. The van der Waals surface area contributed by atoms with E-state index in [1.54, 1.807) is 18.2 Å². The maximum Gasteiger partial charge on any atom is 0.315 e. The molecule has 10 heteroatoms. The molecule has 2 aliphatic rings. The molecule has 1 aromatic carbocycles. The molecule has 25 heavy (non-hydrogen) atoms. The summed E-state index contributed by atoms with van der Waals surface area (Å²) in [6, 6.07) is 2.93. The van der Waals surface area contributed by atoms with Crippen LogP contribution in [0, 0.1) is 0 Å². The van der Waals surface area contributed by atoms with E-state index >= 15 is 0 Å². The van der Waals surface area contributed by atoms with Crippen LogP contribution in [0.25, 0.3) is 0 Å². The van der Waals surface area contributed by atoms with E-state index in [9.17, 15) is 19.5 Å². The SMILES string of the molecule is O=C1NCC(C(=O)NC(CO)C(=O)NCc2ccc3c(c2)OCO3)N1. The molecule has 0 aliphatic carbocycles. The molecule has 2 atom stereocenters. The predicted molar refractivity (Wildman–Crippen MR) is 83.8 cm³/mol. The highest BCUT2D eigenvalue weighted by atomic mass is 16.7. The number of aliphatic hydroxyl groups is 1. The fraction of sp³-hybridized carbons (Fsp3) is 0.400. The Hall–Kier alpha value is -3.01. The van der Waals surface area contributed by atoms with E-state index in [2.05, 4.69) is 21.3 Å². The number of urea groups is 1. The molecule has 134 valence electrons. The van der Waals surface area contributed by atoms with Crippen molar-refractivity contribution in [3.63, 3.8) is 0 Å². The summed E-state index contributed by atoms with van der Waals surface area (Å²) in [7, 11) is 0. The third-order valence-corrected chi connectivity index (χ3v) is 3.81. The quantitative estimate of drug-likeness (QED) is 0.410. The monoisotopic (exact) mass is 350 g/mol.